The largest absolute Gasteiger partial charge is 0.469 e. The van der Waals surface area contributed by atoms with Crippen LogP contribution in [0.5, 0.6) is 0 Å². The van der Waals surface area contributed by atoms with E-state index >= 15 is 0 Å². The second-order valence-corrected chi connectivity index (χ2v) is 5.48. The highest BCUT2D eigenvalue weighted by Gasteiger charge is 2.57. The Morgan fingerprint density at radius 1 is 1.00 bits per heavy atom. The molecule has 0 spiro atoms. The van der Waals surface area contributed by atoms with Crippen LogP contribution >= 0.6 is 0 Å². The lowest BCUT2D eigenvalue weighted by Gasteiger charge is -2.45. The van der Waals surface area contributed by atoms with Gasteiger partial charge in [-0.25, -0.2) is 0 Å². The van der Waals surface area contributed by atoms with E-state index in [9.17, 15) is 14.4 Å². The summed E-state index contributed by atoms with van der Waals surface area (Å²) in [5.41, 5.74) is 1.81. The van der Waals surface area contributed by atoms with Crippen molar-refractivity contribution in [3.05, 3.63) is 35.4 Å². The average molecular weight is 288 g/mol. The molecule has 1 aromatic rings. The summed E-state index contributed by atoms with van der Waals surface area (Å²) in [7, 11) is 2.57. The number of carbonyl (C=O) groups excluding carboxylic acids is 3. The van der Waals surface area contributed by atoms with Crippen molar-refractivity contribution in [2.24, 2.45) is 11.8 Å². The molecule has 4 rings (SSSR count). The molecule has 4 atom stereocenters. The van der Waals surface area contributed by atoms with Gasteiger partial charge in [0, 0.05) is 12.3 Å². The summed E-state index contributed by atoms with van der Waals surface area (Å²) < 4.78 is 9.69. The van der Waals surface area contributed by atoms with Crippen molar-refractivity contribution in [1.29, 1.82) is 0 Å². The normalized spacial score (nSPS) is 29.7. The predicted molar refractivity (Wildman–Crippen MR) is 72.6 cm³/mol. The lowest BCUT2D eigenvalue weighted by molar-refractivity contribution is -0.164. The molecular weight excluding hydrogens is 272 g/mol. The first-order chi connectivity index (χ1) is 10.1. The monoisotopic (exact) mass is 288 g/mol. The summed E-state index contributed by atoms with van der Waals surface area (Å²) in [6, 6.07) is 7.50. The number of rotatable bonds is 2. The Labute approximate surface area is 122 Å². The van der Waals surface area contributed by atoms with Gasteiger partial charge in [0.2, 0.25) is 0 Å². The Kier molecular flexibility index (Phi) is 3.27. The smallest absolute Gasteiger partial charge is 0.310 e. The van der Waals surface area contributed by atoms with Crippen LogP contribution in [0.2, 0.25) is 0 Å². The van der Waals surface area contributed by atoms with Crippen molar-refractivity contribution >= 4 is 17.7 Å². The van der Waals surface area contributed by atoms with Crippen molar-refractivity contribution in [2.75, 3.05) is 14.2 Å². The van der Waals surface area contributed by atoms with Crippen molar-refractivity contribution in [3.8, 4) is 0 Å². The van der Waals surface area contributed by atoms with Gasteiger partial charge >= 0.3 is 11.9 Å². The fourth-order valence-electron chi connectivity index (χ4n) is 3.80. The molecule has 0 heterocycles. The number of hydrogen-bond donors (Lipinski definition) is 0. The molecule has 110 valence electrons. The number of ketones is 1. The third-order valence-corrected chi connectivity index (χ3v) is 4.62. The molecule has 0 N–H and O–H groups in total. The van der Waals surface area contributed by atoms with Crippen LogP contribution in [0.3, 0.4) is 0 Å². The fraction of sp³-hybridized carbons (Fsp3) is 0.438. The summed E-state index contributed by atoms with van der Waals surface area (Å²) in [6.45, 7) is 0. The van der Waals surface area contributed by atoms with E-state index in [0.717, 1.165) is 11.1 Å². The first-order valence-electron chi connectivity index (χ1n) is 6.87. The maximum Gasteiger partial charge on any atom is 0.310 e. The Morgan fingerprint density at radius 2 is 1.57 bits per heavy atom. The topological polar surface area (TPSA) is 69.7 Å². The second kappa shape index (κ2) is 4.98. The van der Waals surface area contributed by atoms with E-state index in [1.54, 1.807) is 0 Å². The Hall–Kier alpha value is -2.17. The van der Waals surface area contributed by atoms with Gasteiger partial charge in [0.15, 0.2) is 0 Å². The molecule has 1 aromatic carbocycles. The van der Waals surface area contributed by atoms with E-state index in [0.29, 0.717) is 0 Å². The van der Waals surface area contributed by atoms with Crippen LogP contribution in [0.1, 0.15) is 29.4 Å². The minimum atomic E-state index is -0.788. The third-order valence-electron chi connectivity index (χ3n) is 4.62. The van der Waals surface area contributed by atoms with Gasteiger partial charge in [-0.1, -0.05) is 24.3 Å². The minimum absolute atomic E-state index is 0.00532. The molecule has 3 aliphatic rings. The summed E-state index contributed by atoms with van der Waals surface area (Å²) >= 11 is 0. The van der Waals surface area contributed by atoms with Crippen LogP contribution in [0, 0.1) is 11.8 Å². The van der Waals surface area contributed by atoms with E-state index in [4.69, 9.17) is 9.47 Å². The van der Waals surface area contributed by atoms with Crippen LogP contribution in [0.15, 0.2) is 24.3 Å². The zero-order valence-electron chi connectivity index (χ0n) is 11.9. The molecule has 0 aliphatic heterocycles. The van der Waals surface area contributed by atoms with Crippen molar-refractivity contribution in [2.45, 2.75) is 18.3 Å². The Morgan fingerprint density at radius 3 is 2.19 bits per heavy atom. The van der Waals surface area contributed by atoms with E-state index in [-0.39, 0.29) is 18.1 Å². The quantitative estimate of drug-likeness (QED) is 0.770. The van der Waals surface area contributed by atoms with Gasteiger partial charge in [0.1, 0.15) is 5.78 Å². The summed E-state index contributed by atoms with van der Waals surface area (Å²) in [4.78, 5) is 36.7. The number of esters is 2. The number of ether oxygens (including phenoxy) is 2. The molecule has 5 heteroatoms. The molecule has 0 unspecified atom stereocenters. The third kappa shape index (κ3) is 1.87. The van der Waals surface area contributed by atoms with Crippen LogP contribution in [-0.2, 0) is 23.9 Å². The van der Waals surface area contributed by atoms with Gasteiger partial charge in [-0.2, -0.15) is 0 Å². The highest BCUT2D eigenvalue weighted by atomic mass is 16.5. The summed E-state index contributed by atoms with van der Waals surface area (Å²) in [6.07, 6.45) is 0.273. The van der Waals surface area contributed by atoms with Crippen molar-refractivity contribution in [1.82, 2.24) is 0 Å². The molecule has 2 bridgehead atoms. The number of fused-ring (bicyclic) bond motifs is 2. The molecule has 5 nitrogen and oxygen atoms in total. The lowest BCUT2D eigenvalue weighted by Crippen LogP contribution is -2.50. The number of hydrogen-bond acceptors (Lipinski definition) is 5. The number of benzene rings is 1. The standard InChI is InChI=1S/C16H16O5/c1-20-15(18)13-10-7-11(17)12(14(13)16(19)21-2)9-6-4-3-5-8(9)10/h3-6,10,12-14H,7H2,1-2H3/t10-,12+,13+,14+/m0/s1. The van der Waals surface area contributed by atoms with Gasteiger partial charge in [0.05, 0.1) is 32.0 Å². The first kappa shape index (κ1) is 13.8. The van der Waals surface area contributed by atoms with Gasteiger partial charge in [-0.3, -0.25) is 14.4 Å². The first-order valence-corrected chi connectivity index (χ1v) is 6.87. The van der Waals surface area contributed by atoms with Crippen LogP contribution in [-0.4, -0.2) is 31.9 Å². The molecule has 3 aliphatic carbocycles. The minimum Gasteiger partial charge on any atom is -0.469 e. The van der Waals surface area contributed by atoms with Crippen molar-refractivity contribution in [3.63, 3.8) is 0 Å². The zero-order chi connectivity index (χ0) is 15.1. The van der Waals surface area contributed by atoms with E-state index < -0.39 is 29.7 Å². The number of methoxy groups -OCH3 is 2. The van der Waals surface area contributed by atoms with Crippen LogP contribution in [0.25, 0.3) is 0 Å². The summed E-state index contributed by atoms with van der Waals surface area (Å²) in [5, 5.41) is 0. The molecule has 0 amide bonds. The maximum atomic E-state index is 12.3. The number of carbonyl (C=O) groups is 3. The van der Waals surface area contributed by atoms with Gasteiger partial charge in [-0.15, -0.1) is 0 Å². The zero-order valence-corrected chi connectivity index (χ0v) is 11.9. The average Bonchev–Trinajstić information content (AvgIpc) is 2.52. The van der Waals surface area contributed by atoms with Crippen LogP contribution < -0.4 is 0 Å². The van der Waals surface area contributed by atoms with Gasteiger partial charge in [-0.05, 0) is 11.1 Å². The second-order valence-electron chi connectivity index (χ2n) is 5.48. The van der Waals surface area contributed by atoms with Gasteiger partial charge < -0.3 is 9.47 Å². The molecule has 1 saturated carbocycles. The molecule has 0 saturated heterocycles. The molecular formula is C16H16O5. The molecule has 21 heavy (non-hydrogen) atoms. The highest BCUT2D eigenvalue weighted by Crippen LogP contribution is 2.54. The van der Waals surface area contributed by atoms with Gasteiger partial charge in [0.25, 0.3) is 0 Å². The molecule has 1 fully saturated rings. The maximum absolute atomic E-state index is 12.3. The molecule has 0 aromatic heterocycles. The summed E-state index contributed by atoms with van der Waals surface area (Å²) in [5.74, 6) is -3.35. The highest BCUT2D eigenvalue weighted by molar-refractivity contribution is 5.99. The van der Waals surface area contributed by atoms with E-state index in [2.05, 4.69) is 0 Å². The van der Waals surface area contributed by atoms with Crippen LogP contribution in [0.4, 0.5) is 0 Å². The van der Waals surface area contributed by atoms with Crippen molar-refractivity contribution < 1.29 is 23.9 Å². The SMILES string of the molecule is COC(=O)[C@H]1[C@H](C(=O)OC)[C@H]2C(=O)C[C@H]1c1ccccc12. The van der Waals surface area contributed by atoms with E-state index in [1.807, 2.05) is 24.3 Å². The Bertz CT molecular complexity index is 621. The lowest BCUT2D eigenvalue weighted by atomic mass is 9.55. The number of Topliss-reactive ketones (excluding diaryl/α,β-unsaturated/α-hetero) is 1. The Balaban J connectivity index is 2.17. The predicted octanol–water partition coefficient (Wildman–Crippen LogP) is 1.42. The fourth-order valence-corrected chi connectivity index (χ4v) is 3.80. The van der Waals surface area contributed by atoms with E-state index in [1.165, 1.54) is 14.2 Å². The molecule has 0 radical (unpaired) electrons.